The number of hydrogen-bond acceptors (Lipinski definition) is 10. The topological polar surface area (TPSA) is 152 Å². The van der Waals surface area contributed by atoms with Crippen molar-refractivity contribution in [2.75, 3.05) is 19.8 Å². The van der Waals surface area contributed by atoms with Crippen molar-refractivity contribution in [1.29, 1.82) is 0 Å². The maximum absolute atomic E-state index is 12.3. The normalized spacial score (nSPS) is 21.3. The van der Waals surface area contributed by atoms with E-state index in [2.05, 4.69) is 86.8 Å². The van der Waals surface area contributed by atoms with Gasteiger partial charge in [0.2, 0.25) is 0 Å². The van der Waals surface area contributed by atoms with E-state index in [1.165, 1.54) is 0 Å². The maximum Gasteiger partial charge on any atom is 0.305 e. The Balaban J connectivity index is 2.14. The summed E-state index contributed by atoms with van der Waals surface area (Å²) in [5, 5.41) is 41.3. The van der Waals surface area contributed by atoms with Gasteiger partial charge in [0.05, 0.1) is 6.61 Å². The standard InChI is InChI=1S/C45H74O10/c1-3-5-7-9-11-13-15-17-19-21-23-25-27-29-31-33-40(47)52-35-38(46)36-54-45-44(51)43(50)42(49)39(55-45)37-53-41(48)34-32-30-28-26-24-22-20-18-16-14-12-10-8-6-4-2/h5-8,11-14,17-20,38-39,42-46,49-51H,3-4,9-10,15-16,21-37H2,1-2H3/b7-5-,8-6-,13-11-,14-12-,19-17-,20-18-/t38-,39-,42+,43+,44-,45-/m1/s1. The van der Waals surface area contributed by atoms with Crippen LogP contribution in [0.2, 0.25) is 0 Å². The van der Waals surface area contributed by atoms with Crippen LogP contribution in [0.5, 0.6) is 0 Å². The monoisotopic (exact) mass is 775 g/mol. The van der Waals surface area contributed by atoms with Crippen LogP contribution in [0.25, 0.3) is 0 Å². The lowest BCUT2D eigenvalue weighted by Crippen LogP contribution is -2.59. The molecule has 0 aromatic carbocycles. The average Bonchev–Trinajstić information content (AvgIpc) is 3.18. The van der Waals surface area contributed by atoms with E-state index in [9.17, 15) is 30.0 Å². The van der Waals surface area contributed by atoms with Crippen molar-refractivity contribution in [2.24, 2.45) is 0 Å². The summed E-state index contributed by atoms with van der Waals surface area (Å²) in [6, 6.07) is 0. The van der Waals surface area contributed by atoms with Crippen LogP contribution in [-0.4, -0.2) is 89.0 Å². The zero-order valence-electron chi connectivity index (χ0n) is 33.9. The molecule has 0 saturated carbocycles. The number of carbonyl (C=O) groups is 2. The number of allylic oxidation sites excluding steroid dienone is 12. The third-order valence-electron chi connectivity index (χ3n) is 9.03. The Morgan fingerprint density at radius 1 is 0.545 bits per heavy atom. The first kappa shape index (κ1) is 50.2. The molecule has 0 amide bonds. The second kappa shape index (κ2) is 35.5. The number of aliphatic hydroxyl groups excluding tert-OH is 4. The fraction of sp³-hybridized carbons (Fsp3) is 0.689. The summed E-state index contributed by atoms with van der Waals surface area (Å²) in [4.78, 5) is 24.4. The van der Waals surface area contributed by atoms with Crippen molar-refractivity contribution in [3.8, 4) is 0 Å². The predicted molar refractivity (Wildman–Crippen MR) is 219 cm³/mol. The summed E-state index contributed by atoms with van der Waals surface area (Å²) in [6.07, 6.45) is 36.2. The van der Waals surface area contributed by atoms with E-state index in [1.54, 1.807) is 0 Å². The number of aliphatic hydroxyl groups is 4. The fourth-order valence-electron chi connectivity index (χ4n) is 5.73. The third-order valence-corrected chi connectivity index (χ3v) is 9.03. The molecule has 0 aromatic rings. The second-order valence-corrected chi connectivity index (χ2v) is 14.1. The molecule has 0 aromatic heterocycles. The zero-order chi connectivity index (χ0) is 40.2. The highest BCUT2D eigenvalue weighted by Crippen LogP contribution is 2.23. The van der Waals surface area contributed by atoms with Gasteiger partial charge in [-0.1, -0.05) is 125 Å². The molecule has 6 atom stereocenters. The molecular weight excluding hydrogens is 700 g/mol. The molecule has 0 unspecified atom stereocenters. The van der Waals surface area contributed by atoms with Gasteiger partial charge in [-0.2, -0.15) is 0 Å². The van der Waals surface area contributed by atoms with Crippen molar-refractivity contribution in [2.45, 2.75) is 179 Å². The Labute approximate surface area is 332 Å². The lowest BCUT2D eigenvalue weighted by Gasteiger charge is -2.40. The number of carbonyl (C=O) groups excluding carboxylic acids is 2. The molecule has 0 radical (unpaired) electrons. The summed E-state index contributed by atoms with van der Waals surface area (Å²) >= 11 is 0. The van der Waals surface area contributed by atoms with Crippen LogP contribution < -0.4 is 0 Å². The van der Waals surface area contributed by atoms with Crippen LogP contribution >= 0.6 is 0 Å². The molecule has 4 N–H and O–H groups in total. The molecule has 10 heteroatoms. The van der Waals surface area contributed by atoms with Crippen molar-refractivity contribution in [1.82, 2.24) is 0 Å². The molecule has 1 saturated heterocycles. The van der Waals surface area contributed by atoms with Gasteiger partial charge < -0.3 is 39.4 Å². The molecule has 1 rings (SSSR count). The highest BCUT2D eigenvalue weighted by molar-refractivity contribution is 5.69. The number of esters is 2. The lowest BCUT2D eigenvalue weighted by atomic mass is 9.99. The molecule has 0 spiro atoms. The molecule has 1 aliphatic heterocycles. The van der Waals surface area contributed by atoms with Crippen molar-refractivity contribution >= 4 is 11.9 Å². The first-order chi connectivity index (χ1) is 26.8. The summed E-state index contributed by atoms with van der Waals surface area (Å²) in [5.74, 6) is -0.849. The van der Waals surface area contributed by atoms with Crippen molar-refractivity contribution < 1.29 is 49.0 Å². The zero-order valence-corrected chi connectivity index (χ0v) is 33.9. The van der Waals surface area contributed by atoms with Gasteiger partial charge in [-0.25, -0.2) is 0 Å². The Morgan fingerprint density at radius 2 is 0.982 bits per heavy atom. The van der Waals surface area contributed by atoms with Gasteiger partial charge in [-0.15, -0.1) is 0 Å². The Morgan fingerprint density at radius 3 is 1.49 bits per heavy atom. The van der Waals surface area contributed by atoms with E-state index in [0.717, 1.165) is 103 Å². The lowest BCUT2D eigenvalue weighted by molar-refractivity contribution is -0.305. The van der Waals surface area contributed by atoms with E-state index in [4.69, 9.17) is 18.9 Å². The number of ether oxygens (including phenoxy) is 4. The van der Waals surface area contributed by atoms with Gasteiger partial charge in [-0.3, -0.25) is 9.59 Å². The van der Waals surface area contributed by atoms with Crippen LogP contribution in [-0.2, 0) is 28.5 Å². The van der Waals surface area contributed by atoms with Gasteiger partial charge in [0, 0.05) is 12.8 Å². The smallest absolute Gasteiger partial charge is 0.305 e. The van der Waals surface area contributed by atoms with Crippen molar-refractivity contribution in [3.05, 3.63) is 72.9 Å². The minimum Gasteiger partial charge on any atom is -0.463 e. The van der Waals surface area contributed by atoms with Crippen LogP contribution in [0.1, 0.15) is 142 Å². The molecule has 0 bridgehead atoms. The number of hydrogen-bond donors (Lipinski definition) is 4. The summed E-state index contributed by atoms with van der Waals surface area (Å²) < 4.78 is 21.5. The molecule has 1 fully saturated rings. The van der Waals surface area contributed by atoms with Gasteiger partial charge in [-0.05, 0) is 77.0 Å². The van der Waals surface area contributed by atoms with E-state index >= 15 is 0 Å². The van der Waals surface area contributed by atoms with Crippen LogP contribution in [0.3, 0.4) is 0 Å². The maximum atomic E-state index is 12.3. The van der Waals surface area contributed by atoms with Crippen LogP contribution in [0.15, 0.2) is 72.9 Å². The predicted octanol–water partition coefficient (Wildman–Crippen LogP) is 8.44. The van der Waals surface area contributed by atoms with Gasteiger partial charge >= 0.3 is 11.9 Å². The first-order valence-electron chi connectivity index (χ1n) is 21.0. The quantitative estimate of drug-likeness (QED) is 0.0291. The summed E-state index contributed by atoms with van der Waals surface area (Å²) in [5.41, 5.74) is 0. The largest absolute Gasteiger partial charge is 0.463 e. The molecular formula is C45H74O10. The minimum absolute atomic E-state index is 0.229. The number of rotatable bonds is 33. The Bertz CT molecular complexity index is 1130. The molecule has 314 valence electrons. The molecule has 1 aliphatic rings. The highest BCUT2D eigenvalue weighted by atomic mass is 16.7. The van der Waals surface area contributed by atoms with Crippen LogP contribution in [0.4, 0.5) is 0 Å². The van der Waals surface area contributed by atoms with E-state index < -0.39 is 48.7 Å². The molecule has 0 aliphatic carbocycles. The fourth-order valence-corrected chi connectivity index (χ4v) is 5.73. The van der Waals surface area contributed by atoms with E-state index in [-0.39, 0.29) is 32.7 Å². The minimum atomic E-state index is -1.61. The van der Waals surface area contributed by atoms with Gasteiger partial charge in [0.1, 0.15) is 43.7 Å². The van der Waals surface area contributed by atoms with E-state index in [1.807, 2.05) is 0 Å². The van der Waals surface area contributed by atoms with Gasteiger partial charge in [0.25, 0.3) is 0 Å². The van der Waals surface area contributed by atoms with Crippen LogP contribution in [0, 0.1) is 0 Å². The summed E-state index contributed by atoms with van der Waals surface area (Å²) in [6.45, 7) is 3.29. The van der Waals surface area contributed by atoms with Gasteiger partial charge in [0.15, 0.2) is 6.29 Å². The highest BCUT2D eigenvalue weighted by Gasteiger charge is 2.45. The SMILES string of the molecule is CC/C=C\C/C=C\C/C=C\CCCCCCCC(=O)OC[C@@H](O)CO[C@@H]1O[C@H](COC(=O)CCCCCCC/C=C\C/C=C\C/C=C\CC)[C@H](O)[C@H](O)[C@H]1O. The molecule has 55 heavy (non-hydrogen) atoms. The van der Waals surface area contributed by atoms with Crippen molar-refractivity contribution in [3.63, 3.8) is 0 Å². The van der Waals surface area contributed by atoms with E-state index in [0.29, 0.717) is 12.8 Å². The molecule has 10 nitrogen and oxygen atoms in total. The Kier molecular flexibility index (Phi) is 32.4. The Hall–Kier alpha value is -2.86. The molecule has 1 heterocycles. The third kappa shape index (κ3) is 28.2. The first-order valence-corrected chi connectivity index (χ1v) is 21.0. The summed E-state index contributed by atoms with van der Waals surface area (Å²) in [7, 11) is 0. The number of unbranched alkanes of at least 4 members (excludes halogenated alkanes) is 10. The average molecular weight is 775 g/mol. The second-order valence-electron chi connectivity index (χ2n) is 14.1.